The predicted molar refractivity (Wildman–Crippen MR) is 64.8 cm³/mol. The molecule has 0 radical (unpaired) electrons. The number of hydrogen-bond acceptors (Lipinski definition) is 4. The molecule has 0 aromatic heterocycles. The smallest absolute Gasteiger partial charge is 0.411 e. The van der Waals surface area contributed by atoms with Gasteiger partial charge in [0.05, 0.1) is 11.0 Å². The summed E-state index contributed by atoms with van der Waals surface area (Å²) in [6.07, 6.45) is 0.361. The van der Waals surface area contributed by atoms with Crippen LogP contribution in [-0.2, 0) is 14.6 Å². The molecule has 0 spiro atoms. The van der Waals surface area contributed by atoms with Crippen LogP contribution in [0.1, 0.15) is 13.8 Å². The normalized spacial score (nSPS) is 11.3. The highest BCUT2D eigenvalue weighted by Gasteiger charge is 2.08. The van der Waals surface area contributed by atoms with E-state index in [4.69, 9.17) is 4.74 Å². The van der Waals surface area contributed by atoms with E-state index in [1.165, 1.54) is 24.3 Å². The lowest BCUT2D eigenvalue weighted by Crippen LogP contribution is -2.17. The first-order valence-corrected chi connectivity index (χ1v) is 6.96. The topological polar surface area (TPSA) is 72.5 Å². The molecule has 17 heavy (non-hydrogen) atoms. The van der Waals surface area contributed by atoms with Crippen molar-refractivity contribution in [2.24, 2.45) is 0 Å². The van der Waals surface area contributed by atoms with E-state index in [1.807, 2.05) is 0 Å². The maximum Gasteiger partial charge on any atom is 0.411 e. The van der Waals surface area contributed by atoms with Crippen molar-refractivity contribution in [1.82, 2.24) is 0 Å². The number of sulfone groups is 1. The Morgan fingerprint density at radius 1 is 1.24 bits per heavy atom. The molecule has 0 aliphatic rings. The largest absolute Gasteiger partial charge is 0.447 e. The van der Waals surface area contributed by atoms with Crippen molar-refractivity contribution in [2.45, 2.75) is 24.8 Å². The van der Waals surface area contributed by atoms with Gasteiger partial charge >= 0.3 is 6.09 Å². The number of benzene rings is 1. The van der Waals surface area contributed by atoms with Crippen LogP contribution in [0, 0.1) is 0 Å². The molecule has 0 saturated carbocycles. The Bertz CT molecular complexity index is 491. The van der Waals surface area contributed by atoms with Gasteiger partial charge in [-0.3, -0.25) is 5.32 Å². The lowest BCUT2D eigenvalue weighted by Gasteiger charge is -2.09. The Balaban J connectivity index is 2.73. The van der Waals surface area contributed by atoms with E-state index < -0.39 is 15.9 Å². The average molecular weight is 257 g/mol. The third kappa shape index (κ3) is 4.44. The number of amides is 1. The Labute approximate surface area is 101 Å². The molecule has 1 aromatic rings. The van der Waals surface area contributed by atoms with Gasteiger partial charge in [0, 0.05) is 11.9 Å². The van der Waals surface area contributed by atoms with Crippen molar-refractivity contribution in [1.29, 1.82) is 0 Å². The van der Waals surface area contributed by atoms with Crippen LogP contribution in [0.15, 0.2) is 29.2 Å². The zero-order valence-corrected chi connectivity index (χ0v) is 10.7. The highest BCUT2D eigenvalue weighted by molar-refractivity contribution is 7.90. The Hall–Kier alpha value is -1.56. The molecular weight excluding hydrogens is 242 g/mol. The number of anilines is 1. The van der Waals surface area contributed by atoms with Gasteiger partial charge in [-0.15, -0.1) is 0 Å². The van der Waals surface area contributed by atoms with E-state index >= 15 is 0 Å². The van der Waals surface area contributed by atoms with Crippen LogP contribution in [0.5, 0.6) is 0 Å². The molecule has 0 heterocycles. The fraction of sp³-hybridized carbons (Fsp3) is 0.364. The van der Waals surface area contributed by atoms with Crippen molar-refractivity contribution in [2.75, 3.05) is 11.6 Å². The maximum absolute atomic E-state index is 11.3. The Morgan fingerprint density at radius 2 is 1.76 bits per heavy atom. The summed E-state index contributed by atoms with van der Waals surface area (Å²) < 4.78 is 27.3. The summed E-state index contributed by atoms with van der Waals surface area (Å²) in [4.78, 5) is 11.5. The first kappa shape index (κ1) is 13.5. The summed E-state index contributed by atoms with van der Waals surface area (Å²) in [6.45, 7) is 3.48. The second-order valence-corrected chi connectivity index (χ2v) is 5.89. The van der Waals surface area contributed by atoms with Crippen LogP contribution in [-0.4, -0.2) is 26.9 Å². The second kappa shape index (κ2) is 5.18. The van der Waals surface area contributed by atoms with Crippen LogP contribution in [0.25, 0.3) is 0 Å². The molecule has 0 fully saturated rings. The Morgan fingerprint density at radius 3 is 2.18 bits per heavy atom. The number of hydrogen-bond donors (Lipinski definition) is 1. The highest BCUT2D eigenvalue weighted by Crippen LogP contribution is 2.14. The van der Waals surface area contributed by atoms with Crippen molar-refractivity contribution >= 4 is 21.6 Å². The van der Waals surface area contributed by atoms with Gasteiger partial charge in [-0.25, -0.2) is 13.2 Å². The molecule has 5 nitrogen and oxygen atoms in total. The standard InChI is InChI=1S/C11H15NO4S/c1-8(2)16-11(13)12-9-4-6-10(7-5-9)17(3,14)15/h4-8H,1-3H3,(H,12,13). The van der Waals surface area contributed by atoms with Gasteiger partial charge in [-0.2, -0.15) is 0 Å². The van der Waals surface area contributed by atoms with E-state index in [0.29, 0.717) is 5.69 Å². The molecule has 1 aromatic carbocycles. The lowest BCUT2D eigenvalue weighted by molar-refractivity contribution is 0.130. The highest BCUT2D eigenvalue weighted by atomic mass is 32.2. The minimum Gasteiger partial charge on any atom is -0.447 e. The summed E-state index contributed by atoms with van der Waals surface area (Å²) >= 11 is 0. The van der Waals surface area contributed by atoms with Crippen molar-refractivity contribution < 1.29 is 17.9 Å². The first-order chi connectivity index (χ1) is 7.79. The van der Waals surface area contributed by atoms with Gasteiger partial charge in [0.25, 0.3) is 0 Å². The van der Waals surface area contributed by atoms with Crippen LogP contribution in [0.2, 0.25) is 0 Å². The molecule has 0 saturated heterocycles. The van der Waals surface area contributed by atoms with Gasteiger partial charge in [0.1, 0.15) is 0 Å². The molecule has 1 N–H and O–H groups in total. The Kier molecular flexibility index (Phi) is 4.11. The number of carbonyl (C=O) groups is 1. The average Bonchev–Trinajstić information content (AvgIpc) is 2.15. The molecular formula is C11H15NO4S. The third-order valence-corrected chi connectivity index (χ3v) is 3.00. The van der Waals surface area contributed by atoms with Gasteiger partial charge in [-0.05, 0) is 38.1 Å². The molecule has 94 valence electrons. The fourth-order valence-corrected chi connectivity index (χ4v) is 1.78. The van der Waals surface area contributed by atoms with E-state index in [0.717, 1.165) is 6.26 Å². The van der Waals surface area contributed by atoms with Crippen LogP contribution < -0.4 is 5.32 Å². The molecule has 0 aliphatic carbocycles. The minimum absolute atomic E-state index is 0.203. The molecule has 1 amide bonds. The summed E-state index contributed by atoms with van der Waals surface area (Å²) in [5.41, 5.74) is 0.489. The van der Waals surface area contributed by atoms with Gasteiger partial charge < -0.3 is 4.74 Å². The second-order valence-electron chi connectivity index (χ2n) is 3.88. The van der Waals surface area contributed by atoms with Crippen LogP contribution >= 0.6 is 0 Å². The van der Waals surface area contributed by atoms with Gasteiger partial charge in [-0.1, -0.05) is 0 Å². The maximum atomic E-state index is 11.3. The zero-order valence-electron chi connectivity index (χ0n) is 9.93. The van der Waals surface area contributed by atoms with Crippen molar-refractivity contribution in [3.05, 3.63) is 24.3 Å². The molecule has 0 aliphatic heterocycles. The summed E-state index contributed by atoms with van der Waals surface area (Å²) in [5.74, 6) is 0. The van der Waals surface area contributed by atoms with E-state index in [2.05, 4.69) is 5.32 Å². The van der Waals surface area contributed by atoms with E-state index in [1.54, 1.807) is 13.8 Å². The van der Waals surface area contributed by atoms with Gasteiger partial charge in [0.15, 0.2) is 9.84 Å². The van der Waals surface area contributed by atoms with E-state index in [-0.39, 0.29) is 11.0 Å². The number of rotatable bonds is 3. The van der Waals surface area contributed by atoms with Crippen LogP contribution in [0.4, 0.5) is 10.5 Å². The van der Waals surface area contributed by atoms with Crippen molar-refractivity contribution in [3.8, 4) is 0 Å². The number of nitrogens with one attached hydrogen (secondary N) is 1. The molecule has 0 unspecified atom stereocenters. The zero-order chi connectivity index (χ0) is 13.1. The minimum atomic E-state index is -3.21. The van der Waals surface area contributed by atoms with Crippen LogP contribution in [0.3, 0.4) is 0 Å². The fourth-order valence-electron chi connectivity index (χ4n) is 1.15. The molecule has 6 heteroatoms. The number of carbonyl (C=O) groups excluding carboxylic acids is 1. The SMILES string of the molecule is CC(C)OC(=O)Nc1ccc(S(C)(=O)=O)cc1. The lowest BCUT2D eigenvalue weighted by atomic mass is 10.3. The quantitative estimate of drug-likeness (QED) is 0.899. The molecule has 0 atom stereocenters. The number of ether oxygens (including phenoxy) is 1. The third-order valence-electron chi connectivity index (χ3n) is 1.87. The molecule has 0 bridgehead atoms. The molecule has 1 rings (SSSR count). The first-order valence-electron chi connectivity index (χ1n) is 5.07. The predicted octanol–water partition coefficient (Wildman–Crippen LogP) is 2.05. The van der Waals surface area contributed by atoms with Gasteiger partial charge in [0.2, 0.25) is 0 Å². The monoisotopic (exact) mass is 257 g/mol. The van der Waals surface area contributed by atoms with Crippen molar-refractivity contribution in [3.63, 3.8) is 0 Å². The summed E-state index contributed by atoms with van der Waals surface area (Å²) in [5, 5.41) is 2.50. The summed E-state index contributed by atoms with van der Waals surface area (Å²) in [7, 11) is -3.21. The van der Waals surface area contributed by atoms with E-state index in [9.17, 15) is 13.2 Å². The summed E-state index contributed by atoms with van der Waals surface area (Å²) in [6, 6.07) is 5.89.